The van der Waals surface area contributed by atoms with Gasteiger partial charge in [0.2, 0.25) is 0 Å². The van der Waals surface area contributed by atoms with Crippen LogP contribution in [0.25, 0.3) is 11.1 Å². The van der Waals surface area contributed by atoms with Gasteiger partial charge in [0.1, 0.15) is 6.61 Å². The molecule has 1 saturated carbocycles. The number of carbonyl (C=O) groups is 1. The number of ether oxygens (including phenoxy) is 1. The van der Waals surface area contributed by atoms with Crippen molar-refractivity contribution < 1.29 is 14.6 Å². The van der Waals surface area contributed by atoms with E-state index in [0.717, 1.165) is 25.7 Å². The van der Waals surface area contributed by atoms with Gasteiger partial charge in [-0.1, -0.05) is 69.3 Å². The van der Waals surface area contributed by atoms with Crippen LogP contribution < -0.4 is 5.32 Å². The number of benzene rings is 2. The highest BCUT2D eigenvalue weighted by Crippen LogP contribution is 2.44. The maximum absolute atomic E-state index is 12.4. The maximum Gasteiger partial charge on any atom is 0.407 e. The molecule has 4 heteroatoms. The highest BCUT2D eigenvalue weighted by Gasteiger charge is 2.37. The zero-order chi connectivity index (χ0) is 21.4. The summed E-state index contributed by atoms with van der Waals surface area (Å²) in [4.78, 5) is 12.4. The van der Waals surface area contributed by atoms with Crippen LogP contribution >= 0.6 is 0 Å². The number of aliphatic hydroxyl groups is 1. The number of amides is 1. The second-order valence-corrected chi connectivity index (χ2v) is 10.0. The largest absolute Gasteiger partial charge is 0.449 e. The number of carbonyl (C=O) groups excluding carboxylic acids is 1. The molecule has 2 aliphatic rings. The first-order chi connectivity index (χ1) is 14.3. The van der Waals surface area contributed by atoms with Gasteiger partial charge >= 0.3 is 6.09 Å². The minimum Gasteiger partial charge on any atom is -0.449 e. The van der Waals surface area contributed by atoms with Crippen molar-refractivity contribution in [3.05, 3.63) is 59.7 Å². The fraction of sp³-hybridized carbons (Fsp3) is 0.500. The van der Waals surface area contributed by atoms with Crippen molar-refractivity contribution in [2.75, 3.05) is 13.2 Å². The Hall–Kier alpha value is -2.33. The van der Waals surface area contributed by atoms with Gasteiger partial charge in [0, 0.05) is 12.5 Å². The number of rotatable bonds is 4. The Kier molecular flexibility index (Phi) is 5.63. The van der Waals surface area contributed by atoms with Crippen LogP contribution in [0.3, 0.4) is 0 Å². The summed E-state index contributed by atoms with van der Waals surface area (Å²) in [5.41, 5.74) is 4.27. The molecule has 160 valence electrons. The van der Waals surface area contributed by atoms with Crippen molar-refractivity contribution in [1.29, 1.82) is 0 Å². The molecule has 1 fully saturated rings. The molecule has 0 bridgehead atoms. The van der Waals surface area contributed by atoms with Gasteiger partial charge in [-0.05, 0) is 59.3 Å². The topological polar surface area (TPSA) is 58.6 Å². The normalized spacial score (nSPS) is 23.5. The van der Waals surface area contributed by atoms with Crippen molar-refractivity contribution in [1.82, 2.24) is 5.32 Å². The second kappa shape index (κ2) is 8.07. The molecule has 0 aliphatic heterocycles. The van der Waals surface area contributed by atoms with Gasteiger partial charge in [-0.15, -0.1) is 0 Å². The standard InChI is InChI=1S/C26H33NO3/c1-25(2,3)18-12-14-26(29,15-13-18)17-27-24(28)30-16-23-21-10-6-4-8-19(21)20-9-5-7-11-22(20)23/h4-11,18,23,29H,12-17H2,1-3H3,(H,27,28). The van der Waals surface area contributed by atoms with Crippen LogP contribution in [0.2, 0.25) is 0 Å². The quantitative estimate of drug-likeness (QED) is 0.704. The third-order valence-corrected chi connectivity index (χ3v) is 7.05. The van der Waals surface area contributed by atoms with Crippen LogP contribution in [0.1, 0.15) is 63.5 Å². The molecule has 2 aromatic carbocycles. The van der Waals surface area contributed by atoms with Crippen molar-refractivity contribution in [3.63, 3.8) is 0 Å². The summed E-state index contributed by atoms with van der Waals surface area (Å²) in [5, 5.41) is 13.7. The van der Waals surface area contributed by atoms with Gasteiger partial charge < -0.3 is 15.2 Å². The highest BCUT2D eigenvalue weighted by atomic mass is 16.5. The summed E-state index contributed by atoms with van der Waals surface area (Å²) in [6.45, 7) is 7.33. The van der Waals surface area contributed by atoms with E-state index in [1.807, 2.05) is 24.3 Å². The van der Waals surface area contributed by atoms with E-state index in [0.29, 0.717) is 12.5 Å². The van der Waals surface area contributed by atoms with Crippen molar-refractivity contribution in [2.24, 2.45) is 11.3 Å². The van der Waals surface area contributed by atoms with E-state index in [1.54, 1.807) is 0 Å². The summed E-state index contributed by atoms with van der Waals surface area (Å²) >= 11 is 0. The van der Waals surface area contributed by atoms with Gasteiger partial charge in [-0.25, -0.2) is 4.79 Å². The van der Waals surface area contributed by atoms with E-state index in [-0.39, 0.29) is 17.9 Å². The van der Waals surface area contributed by atoms with Crippen molar-refractivity contribution in [2.45, 2.75) is 58.0 Å². The Morgan fingerprint density at radius 2 is 1.57 bits per heavy atom. The molecule has 30 heavy (non-hydrogen) atoms. The van der Waals surface area contributed by atoms with E-state index in [2.05, 4.69) is 50.4 Å². The van der Waals surface area contributed by atoms with Crippen molar-refractivity contribution in [3.8, 4) is 11.1 Å². The minimum atomic E-state index is -0.826. The average molecular weight is 408 g/mol. The number of hydrogen-bond acceptors (Lipinski definition) is 3. The maximum atomic E-state index is 12.4. The van der Waals surface area contributed by atoms with Gasteiger partial charge in [-0.3, -0.25) is 0 Å². The van der Waals surface area contributed by atoms with Crippen LogP contribution in [0.5, 0.6) is 0 Å². The molecule has 4 rings (SSSR count). The lowest BCUT2D eigenvalue weighted by Crippen LogP contribution is -2.46. The summed E-state index contributed by atoms with van der Waals surface area (Å²) in [5.74, 6) is 0.667. The van der Waals surface area contributed by atoms with E-state index < -0.39 is 11.7 Å². The molecule has 2 aromatic rings. The van der Waals surface area contributed by atoms with E-state index in [4.69, 9.17) is 4.74 Å². The molecule has 4 nitrogen and oxygen atoms in total. The highest BCUT2D eigenvalue weighted by molar-refractivity contribution is 5.79. The third-order valence-electron chi connectivity index (χ3n) is 7.05. The molecule has 0 unspecified atom stereocenters. The summed E-state index contributed by atoms with van der Waals surface area (Å²) in [7, 11) is 0. The van der Waals surface area contributed by atoms with Crippen molar-refractivity contribution >= 4 is 6.09 Å². The monoisotopic (exact) mass is 407 g/mol. The molecule has 0 saturated heterocycles. The molecule has 0 aromatic heterocycles. The van der Waals surface area contributed by atoms with E-state index in [1.165, 1.54) is 22.3 Å². The molecule has 0 radical (unpaired) electrons. The predicted molar refractivity (Wildman–Crippen MR) is 119 cm³/mol. The van der Waals surface area contributed by atoms with Gasteiger partial charge in [0.15, 0.2) is 0 Å². The Balaban J connectivity index is 1.32. The SMILES string of the molecule is CC(C)(C)C1CCC(O)(CNC(=O)OCC2c3ccccc3-c3ccccc32)CC1. The van der Waals surface area contributed by atoms with E-state index in [9.17, 15) is 9.90 Å². The first-order valence-corrected chi connectivity index (χ1v) is 11.1. The van der Waals surface area contributed by atoms with Crippen LogP contribution in [0, 0.1) is 11.3 Å². The smallest absolute Gasteiger partial charge is 0.407 e. The summed E-state index contributed by atoms with van der Waals surface area (Å²) < 4.78 is 5.59. The number of fused-ring (bicyclic) bond motifs is 3. The zero-order valence-electron chi connectivity index (χ0n) is 18.3. The lowest BCUT2D eigenvalue weighted by Gasteiger charge is -2.41. The molecule has 0 atom stereocenters. The number of alkyl carbamates (subject to hydrolysis) is 1. The molecule has 0 heterocycles. The third kappa shape index (κ3) is 4.24. The van der Waals surface area contributed by atoms with E-state index >= 15 is 0 Å². The fourth-order valence-corrected chi connectivity index (χ4v) is 5.08. The summed E-state index contributed by atoms with van der Waals surface area (Å²) in [6, 6.07) is 16.6. The minimum absolute atomic E-state index is 0.0495. The zero-order valence-corrected chi connectivity index (χ0v) is 18.3. The molecular weight excluding hydrogens is 374 g/mol. The Labute approximate surface area is 179 Å². The lowest BCUT2D eigenvalue weighted by molar-refractivity contribution is -0.0236. The van der Waals surface area contributed by atoms with Crippen LogP contribution in [0.15, 0.2) is 48.5 Å². The Morgan fingerprint density at radius 1 is 1.03 bits per heavy atom. The average Bonchev–Trinajstić information content (AvgIpc) is 3.04. The number of nitrogens with one attached hydrogen (secondary N) is 1. The first-order valence-electron chi connectivity index (χ1n) is 11.1. The van der Waals surface area contributed by atoms with Gasteiger partial charge in [0.25, 0.3) is 0 Å². The Morgan fingerprint density at radius 3 is 2.10 bits per heavy atom. The van der Waals surface area contributed by atoms with Crippen LogP contribution in [-0.2, 0) is 4.74 Å². The predicted octanol–water partition coefficient (Wildman–Crippen LogP) is 5.49. The summed E-state index contributed by atoms with van der Waals surface area (Å²) in [6.07, 6.45) is 2.97. The van der Waals surface area contributed by atoms with Gasteiger partial charge in [0.05, 0.1) is 5.60 Å². The van der Waals surface area contributed by atoms with Crippen LogP contribution in [-0.4, -0.2) is 30.0 Å². The van der Waals surface area contributed by atoms with Gasteiger partial charge in [-0.2, -0.15) is 0 Å². The molecule has 1 amide bonds. The number of hydrogen-bond donors (Lipinski definition) is 2. The lowest BCUT2D eigenvalue weighted by atomic mass is 9.68. The molecule has 2 aliphatic carbocycles. The van der Waals surface area contributed by atoms with Crippen LogP contribution in [0.4, 0.5) is 4.79 Å². The molecular formula is C26H33NO3. The molecule has 2 N–H and O–H groups in total. The second-order valence-electron chi connectivity index (χ2n) is 10.0. The first kappa shape index (κ1) is 20.9. The molecule has 0 spiro atoms. The Bertz CT molecular complexity index is 861. The fourth-order valence-electron chi connectivity index (χ4n) is 5.08.